The largest absolute Gasteiger partial charge is 0.507 e. The van der Waals surface area contributed by atoms with E-state index in [9.17, 15) is 19.8 Å². The lowest BCUT2D eigenvalue weighted by atomic mass is 10.00. The van der Waals surface area contributed by atoms with Crippen LogP contribution in [0.25, 0.3) is 0 Å². The topological polar surface area (TPSA) is 96.4 Å². The molecule has 2 atom stereocenters. The first-order valence-electron chi connectivity index (χ1n) is 7.41. The molecular weight excluding hydrogens is 336 g/mol. The number of rotatable bonds is 0. The fraction of sp³-hybridized carbons (Fsp3) is 0.294. The molecule has 2 heterocycles. The molecule has 1 aromatic rings. The number of epoxide rings is 1. The zero-order valence-electron chi connectivity index (χ0n) is 12.6. The van der Waals surface area contributed by atoms with Crippen LogP contribution in [0.2, 0.25) is 5.02 Å². The number of phenolic OH excluding ortho intramolecular Hbond substituents is 2. The number of ketones is 1. The average Bonchev–Trinajstić information content (AvgIpc) is 3.26. The van der Waals surface area contributed by atoms with Crippen LogP contribution in [-0.4, -0.2) is 40.8 Å². The van der Waals surface area contributed by atoms with Gasteiger partial charge in [-0.2, -0.15) is 0 Å². The highest BCUT2D eigenvalue weighted by molar-refractivity contribution is 6.33. The number of ether oxygens (including phenoxy) is 2. The third kappa shape index (κ3) is 3.44. The second-order valence-corrected chi connectivity index (χ2v) is 5.91. The number of carbonyl (C=O) groups excluding carboxylic acids is 2. The SMILES string of the molecule is O=C1/C=C\C=C\[C@H]2O[C@@H]2CCOC(=O)c2c(O)cc(O)c(Cl)c2C1. The summed E-state index contributed by atoms with van der Waals surface area (Å²) in [5.41, 5.74) is -0.171. The molecule has 3 rings (SSSR count). The second-order valence-electron chi connectivity index (χ2n) is 5.53. The number of hydrogen-bond acceptors (Lipinski definition) is 6. The van der Waals surface area contributed by atoms with Gasteiger partial charge in [0.2, 0.25) is 0 Å². The van der Waals surface area contributed by atoms with Crippen LogP contribution in [0.15, 0.2) is 30.4 Å². The van der Waals surface area contributed by atoms with Gasteiger partial charge >= 0.3 is 5.97 Å². The van der Waals surface area contributed by atoms with Crippen molar-refractivity contribution in [3.63, 3.8) is 0 Å². The standard InChI is InChI=1S/C17H15ClO6/c18-16-10-7-9(19)3-1-2-4-13-14(24-13)5-6-23-17(22)15(10)11(20)8-12(16)21/h1-4,8,13-14,20-21H,5-7H2/b3-1-,4-2+/t13-,14-/m1/s1. The first kappa shape index (κ1) is 16.5. The molecule has 126 valence electrons. The zero-order valence-corrected chi connectivity index (χ0v) is 13.3. The molecule has 0 bridgehead atoms. The highest BCUT2D eigenvalue weighted by Crippen LogP contribution is 2.37. The molecule has 1 aromatic carbocycles. The molecule has 1 saturated heterocycles. The van der Waals surface area contributed by atoms with Gasteiger partial charge in [0.25, 0.3) is 0 Å². The van der Waals surface area contributed by atoms with E-state index < -0.39 is 17.5 Å². The molecule has 0 spiro atoms. The summed E-state index contributed by atoms with van der Waals surface area (Å²) in [6.07, 6.45) is 6.62. The van der Waals surface area contributed by atoms with Crippen LogP contribution in [0.5, 0.6) is 11.5 Å². The molecular formula is C17H15ClO6. The summed E-state index contributed by atoms with van der Waals surface area (Å²) in [6, 6.07) is 0.953. The predicted molar refractivity (Wildman–Crippen MR) is 85.3 cm³/mol. The Morgan fingerprint density at radius 1 is 1.17 bits per heavy atom. The Labute approximate surface area is 142 Å². The van der Waals surface area contributed by atoms with E-state index in [1.807, 2.05) is 6.08 Å². The van der Waals surface area contributed by atoms with Crippen LogP contribution in [0.4, 0.5) is 0 Å². The summed E-state index contributed by atoms with van der Waals surface area (Å²) in [6.45, 7) is 0.106. The minimum Gasteiger partial charge on any atom is -0.507 e. The summed E-state index contributed by atoms with van der Waals surface area (Å²) in [4.78, 5) is 24.3. The maximum Gasteiger partial charge on any atom is 0.342 e. The second kappa shape index (κ2) is 6.67. The Kier molecular flexibility index (Phi) is 4.59. The van der Waals surface area contributed by atoms with E-state index in [0.717, 1.165) is 6.07 Å². The number of aromatic hydroxyl groups is 2. The molecule has 24 heavy (non-hydrogen) atoms. The fourth-order valence-electron chi connectivity index (χ4n) is 2.55. The smallest absolute Gasteiger partial charge is 0.342 e. The summed E-state index contributed by atoms with van der Waals surface area (Å²) < 4.78 is 10.5. The monoisotopic (exact) mass is 350 g/mol. The molecule has 0 aromatic heterocycles. The normalized spacial score (nSPS) is 26.5. The average molecular weight is 351 g/mol. The van der Waals surface area contributed by atoms with Gasteiger partial charge < -0.3 is 19.7 Å². The highest BCUT2D eigenvalue weighted by atomic mass is 35.5. The number of allylic oxidation sites excluding steroid dienone is 3. The molecule has 6 nitrogen and oxygen atoms in total. The summed E-state index contributed by atoms with van der Waals surface area (Å²) >= 11 is 6.02. The van der Waals surface area contributed by atoms with Gasteiger partial charge in [-0.1, -0.05) is 29.8 Å². The van der Waals surface area contributed by atoms with Crippen molar-refractivity contribution in [2.24, 2.45) is 0 Å². The minimum absolute atomic E-state index is 0.0300. The molecule has 2 aliphatic rings. The number of benzene rings is 1. The lowest BCUT2D eigenvalue weighted by molar-refractivity contribution is -0.114. The highest BCUT2D eigenvalue weighted by Gasteiger charge is 2.36. The third-order valence-electron chi connectivity index (χ3n) is 3.83. The number of phenols is 2. The Morgan fingerprint density at radius 2 is 1.96 bits per heavy atom. The van der Waals surface area contributed by atoms with Crippen molar-refractivity contribution in [3.05, 3.63) is 46.5 Å². The fourth-order valence-corrected chi connectivity index (χ4v) is 2.76. The van der Waals surface area contributed by atoms with Crippen LogP contribution in [0.3, 0.4) is 0 Å². The Balaban J connectivity index is 1.98. The van der Waals surface area contributed by atoms with Crippen LogP contribution < -0.4 is 0 Å². The molecule has 1 fully saturated rings. The lowest BCUT2D eigenvalue weighted by Crippen LogP contribution is -2.13. The molecule has 0 radical (unpaired) electrons. The van der Waals surface area contributed by atoms with Crippen LogP contribution in [0, 0.1) is 0 Å². The lowest BCUT2D eigenvalue weighted by Gasteiger charge is -2.13. The van der Waals surface area contributed by atoms with Gasteiger partial charge in [0, 0.05) is 24.5 Å². The number of cyclic esters (lactones) is 1. The van der Waals surface area contributed by atoms with Crippen molar-refractivity contribution in [1.29, 1.82) is 0 Å². The van der Waals surface area contributed by atoms with Gasteiger partial charge in [-0.05, 0) is 6.08 Å². The van der Waals surface area contributed by atoms with E-state index in [2.05, 4.69) is 0 Å². The quantitative estimate of drug-likeness (QED) is 0.550. The molecule has 2 aliphatic heterocycles. The predicted octanol–water partition coefficient (Wildman–Crippen LogP) is 2.30. The van der Waals surface area contributed by atoms with E-state index in [-0.39, 0.29) is 47.2 Å². The first-order chi connectivity index (χ1) is 11.5. The Morgan fingerprint density at radius 3 is 2.75 bits per heavy atom. The summed E-state index contributed by atoms with van der Waals surface area (Å²) in [7, 11) is 0. The van der Waals surface area contributed by atoms with Crippen molar-refractivity contribution >= 4 is 23.4 Å². The van der Waals surface area contributed by atoms with E-state index >= 15 is 0 Å². The number of hydrogen-bond donors (Lipinski definition) is 2. The van der Waals surface area contributed by atoms with Crippen molar-refractivity contribution in [1.82, 2.24) is 0 Å². The molecule has 0 amide bonds. The number of carbonyl (C=O) groups is 2. The summed E-state index contributed by atoms with van der Waals surface area (Å²) in [5.74, 6) is -2.04. The van der Waals surface area contributed by atoms with Crippen LogP contribution >= 0.6 is 11.6 Å². The van der Waals surface area contributed by atoms with Crippen molar-refractivity contribution < 1.29 is 29.3 Å². The van der Waals surface area contributed by atoms with Crippen molar-refractivity contribution in [3.8, 4) is 11.5 Å². The summed E-state index contributed by atoms with van der Waals surface area (Å²) in [5, 5.41) is 19.6. The molecule has 0 aliphatic carbocycles. The first-order valence-corrected chi connectivity index (χ1v) is 7.78. The van der Waals surface area contributed by atoms with E-state index in [0.29, 0.717) is 6.42 Å². The van der Waals surface area contributed by atoms with Gasteiger partial charge in [0.15, 0.2) is 5.78 Å². The third-order valence-corrected chi connectivity index (χ3v) is 4.25. The molecule has 7 heteroatoms. The van der Waals surface area contributed by atoms with Gasteiger partial charge in [0.05, 0.1) is 17.7 Å². The Hall–Kier alpha value is -2.31. The maximum atomic E-state index is 12.3. The molecule has 0 unspecified atom stereocenters. The van der Waals surface area contributed by atoms with Crippen LogP contribution in [0.1, 0.15) is 22.3 Å². The van der Waals surface area contributed by atoms with Gasteiger partial charge in [-0.15, -0.1) is 0 Å². The van der Waals surface area contributed by atoms with E-state index in [1.165, 1.54) is 6.08 Å². The van der Waals surface area contributed by atoms with Gasteiger partial charge in [-0.25, -0.2) is 4.79 Å². The maximum absolute atomic E-state index is 12.3. The van der Waals surface area contributed by atoms with Crippen molar-refractivity contribution in [2.45, 2.75) is 25.0 Å². The minimum atomic E-state index is -0.800. The zero-order chi connectivity index (χ0) is 17.3. The van der Waals surface area contributed by atoms with Crippen molar-refractivity contribution in [2.75, 3.05) is 6.61 Å². The number of fused-ring (bicyclic) bond motifs is 2. The van der Waals surface area contributed by atoms with Crippen LogP contribution in [-0.2, 0) is 20.7 Å². The molecule has 2 N–H and O–H groups in total. The number of halogens is 1. The van der Waals surface area contributed by atoms with E-state index in [1.54, 1.807) is 12.2 Å². The van der Waals surface area contributed by atoms with Gasteiger partial charge in [0.1, 0.15) is 23.2 Å². The molecule has 0 saturated carbocycles. The Bertz CT molecular complexity index is 752. The van der Waals surface area contributed by atoms with E-state index in [4.69, 9.17) is 21.1 Å². The number of esters is 1. The van der Waals surface area contributed by atoms with Gasteiger partial charge in [-0.3, -0.25) is 4.79 Å².